The number of benzene rings is 2. The zero-order chi connectivity index (χ0) is 19.7. The van der Waals surface area contributed by atoms with E-state index in [4.69, 9.17) is 4.74 Å². The van der Waals surface area contributed by atoms with Crippen LogP contribution in [0.3, 0.4) is 0 Å². The standard InChI is InChI=1S/C20H26N2O4S/c1-3-16(2)22-27(24,25)19-11-9-18(10-12-19)26-15-20(23)21-14-13-17-7-5-4-6-8-17/h4-12,16,22H,3,13-15H2,1-2H3,(H,21,23)/t16-/m0/s1. The SMILES string of the molecule is CC[C@H](C)NS(=O)(=O)c1ccc(OCC(=O)NCCc2ccccc2)cc1. The molecule has 0 fully saturated rings. The predicted molar refractivity (Wildman–Crippen MR) is 105 cm³/mol. The monoisotopic (exact) mass is 390 g/mol. The summed E-state index contributed by atoms with van der Waals surface area (Å²) in [7, 11) is -3.54. The highest BCUT2D eigenvalue weighted by Crippen LogP contribution is 2.16. The molecule has 0 aliphatic rings. The molecular weight excluding hydrogens is 364 g/mol. The molecule has 0 bridgehead atoms. The van der Waals surface area contributed by atoms with E-state index >= 15 is 0 Å². The van der Waals surface area contributed by atoms with Crippen LogP contribution in [0, 0.1) is 0 Å². The van der Waals surface area contributed by atoms with Gasteiger partial charge in [0.25, 0.3) is 5.91 Å². The number of ether oxygens (including phenoxy) is 1. The Kier molecular flexibility index (Phi) is 7.82. The lowest BCUT2D eigenvalue weighted by Gasteiger charge is -2.12. The largest absolute Gasteiger partial charge is 0.484 e. The van der Waals surface area contributed by atoms with Crippen LogP contribution in [-0.4, -0.2) is 33.5 Å². The van der Waals surface area contributed by atoms with Gasteiger partial charge in [-0.2, -0.15) is 0 Å². The van der Waals surface area contributed by atoms with Crippen LogP contribution >= 0.6 is 0 Å². The average molecular weight is 391 g/mol. The van der Waals surface area contributed by atoms with Crippen LogP contribution in [0.25, 0.3) is 0 Å². The van der Waals surface area contributed by atoms with Crippen LogP contribution in [-0.2, 0) is 21.2 Å². The van der Waals surface area contributed by atoms with Gasteiger partial charge in [0.05, 0.1) is 4.90 Å². The summed E-state index contributed by atoms with van der Waals surface area (Å²) in [6.45, 7) is 4.14. The second-order valence-corrected chi connectivity index (χ2v) is 7.99. The molecule has 1 atom stereocenters. The van der Waals surface area contributed by atoms with Gasteiger partial charge in [-0.15, -0.1) is 0 Å². The molecule has 0 unspecified atom stereocenters. The maximum atomic E-state index is 12.2. The van der Waals surface area contributed by atoms with Crippen LogP contribution in [0.1, 0.15) is 25.8 Å². The zero-order valence-electron chi connectivity index (χ0n) is 15.6. The maximum absolute atomic E-state index is 12.2. The summed E-state index contributed by atoms with van der Waals surface area (Å²) in [5.41, 5.74) is 1.15. The molecule has 0 aromatic heterocycles. The highest BCUT2D eigenvalue weighted by Gasteiger charge is 2.16. The van der Waals surface area contributed by atoms with Crippen LogP contribution in [0.15, 0.2) is 59.5 Å². The van der Waals surface area contributed by atoms with Crippen molar-refractivity contribution < 1.29 is 17.9 Å². The summed E-state index contributed by atoms with van der Waals surface area (Å²) in [6.07, 6.45) is 1.46. The second kappa shape index (κ2) is 10.1. The minimum atomic E-state index is -3.54. The minimum absolute atomic E-state index is 0.119. The van der Waals surface area contributed by atoms with Crippen molar-refractivity contribution in [3.8, 4) is 5.75 Å². The Bertz CT molecular complexity index is 821. The van der Waals surface area contributed by atoms with Crippen LogP contribution in [0.2, 0.25) is 0 Å². The molecule has 2 aromatic carbocycles. The van der Waals surface area contributed by atoms with Gasteiger partial charge in [-0.25, -0.2) is 13.1 Å². The summed E-state index contributed by atoms with van der Waals surface area (Å²) in [5.74, 6) is 0.219. The molecule has 7 heteroatoms. The Labute approximate surface area is 161 Å². The second-order valence-electron chi connectivity index (χ2n) is 6.28. The number of amides is 1. The summed E-state index contributed by atoms with van der Waals surface area (Å²) in [5, 5.41) is 2.80. The van der Waals surface area contributed by atoms with E-state index < -0.39 is 10.0 Å². The summed E-state index contributed by atoms with van der Waals surface area (Å²) < 4.78 is 32.4. The maximum Gasteiger partial charge on any atom is 0.257 e. The molecule has 0 radical (unpaired) electrons. The molecule has 1 amide bonds. The molecule has 0 spiro atoms. The molecule has 0 aliphatic carbocycles. The van der Waals surface area contributed by atoms with E-state index in [1.807, 2.05) is 44.2 Å². The number of hydrogen-bond acceptors (Lipinski definition) is 4. The molecule has 146 valence electrons. The first-order valence-corrected chi connectivity index (χ1v) is 10.4. The lowest BCUT2D eigenvalue weighted by molar-refractivity contribution is -0.123. The van der Waals surface area contributed by atoms with Crippen LogP contribution < -0.4 is 14.8 Å². The molecule has 27 heavy (non-hydrogen) atoms. The van der Waals surface area contributed by atoms with Gasteiger partial charge < -0.3 is 10.1 Å². The number of hydrogen-bond donors (Lipinski definition) is 2. The summed E-state index contributed by atoms with van der Waals surface area (Å²) in [4.78, 5) is 12.0. The van der Waals surface area contributed by atoms with Crippen molar-refractivity contribution in [2.45, 2.75) is 37.6 Å². The van der Waals surface area contributed by atoms with Crippen molar-refractivity contribution in [2.75, 3.05) is 13.2 Å². The van der Waals surface area contributed by atoms with Gasteiger partial charge in [-0.05, 0) is 49.6 Å². The Morgan fingerprint density at radius 2 is 1.74 bits per heavy atom. The van der Waals surface area contributed by atoms with Gasteiger partial charge in [-0.3, -0.25) is 4.79 Å². The van der Waals surface area contributed by atoms with Gasteiger partial charge in [0.2, 0.25) is 10.0 Å². The average Bonchev–Trinajstić information content (AvgIpc) is 2.67. The Hall–Kier alpha value is -2.38. The van der Waals surface area contributed by atoms with Crippen LogP contribution in [0.5, 0.6) is 5.75 Å². The molecule has 2 aromatic rings. The summed E-state index contributed by atoms with van der Waals surface area (Å²) in [6, 6.07) is 15.8. The number of nitrogens with one attached hydrogen (secondary N) is 2. The van der Waals surface area contributed by atoms with Crippen molar-refractivity contribution >= 4 is 15.9 Å². The van der Waals surface area contributed by atoms with Crippen LogP contribution in [0.4, 0.5) is 0 Å². The predicted octanol–water partition coefficient (Wildman–Crippen LogP) is 2.50. The molecule has 0 heterocycles. The van der Waals surface area contributed by atoms with Crippen molar-refractivity contribution in [1.29, 1.82) is 0 Å². The zero-order valence-corrected chi connectivity index (χ0v) is 16.5. The first kappa shape index (κ1) is 20.9. The third kappa shape index (κ3) is 7.03. The van der Waals surface area contributed by atoms with Gasteiger partial charge in [0, 0.05) is 12.6 Å². The molecule has 2 N–H and O–H groups in total. The molecule has 0 saturated carbocycles. The van der Waals surface area contributed by atoms with E-state index in [2.05, 4.69) is 10.0 Å². The van der Waals surface area contributed by atoms with E-state index in [0.29, 0.717) is 18.7 Å². The lowest BCUT2D eigenvalue weighted by atomic mass is 10.1. The molecular formula is C20H26N2O4S. The van der Waals surface area contributed by atoms with E-state index in [9.17, 15) is 13.2 Å². The van der Waals surface area contributed by atoms with Gasteiger partial charge in [-0.1, -0.05) is 37.3 Å². The number of carbonyl (C=O) groups is 1. The number of rotatable bonds is 10. The highest BCUT2D eigenvalue weighted by atomic mass is 32.2. The topological polar surface area (TPSA) is 84.5 Å². The third-order valence-corrected chi connectivity index (χ3v) is 5.66. The lowest BCUT2D eigenvalue weighted by Crippen LogP contribution is -2.32. The van der Waals surface area contributed by atoms with Gasteiger partial charge in [0.1, 0.15) is 5.75 Å². The van der Waals surface area contributed by atoms with E-state index in [-0.39, 0.29) is 23.5 Å². The van der Waals surface area contributed by atoms with E-state index in [1.165, 1.54) is 12.1 Å². The molecule has 0 saturated heterocycles. The quantitative estimate of drug-likeness (QED) is 0.653. The fraction of sp³-hybridized carbons (Fsp3) is 0.350. The normalized spacial score (nSPS) is 12.4. The molecule has 0 aliphatic heterocycles. The number of sulfonamides is 1. The Morgan fingerprint density at radius 3 is 2.37 bits per heavy atom. The minimum Gasteiger partial charge on any atom is -0.484 e. The van der Waals surface area contributed by atoms with E-state index in [1.54, 1.807) is 12.1 Å². The first-order chi connectivity index (χ1) is 12.9. The van der Waals surface area contributed by atoms with E-state index in [0.717, 1.165) is 12.0 Å². The highest BCUT2D eigenvalue weighted by molar-refractivity contribution is 7.89. The molecule has 2 rings (SSSR count). The fourth-order valence-electron chi connectivity index (χ4n) is 2.32. The van der Waals surface area contributed by atoms with Crippen molar-refractivity contribution in [2.24, 2.45) is 0 Å². The van der Waals surface area contributed by atoms with Gasteiger partial charge >= 0.3 is 0 Å². The third-order valence-electron chi connectivity index (χ3n) is 4.05. The van der Waals surface area contributed by atoms with Crippen molar-refractivity contribution in [3.63, 3.8) is 0 Å². The molecule has 6 nitrogen and oxygen atoms in total. The van der Waals surface area contributed by atoms with Crippen molar-refractivity contribution in [3.05, 3.63) is 60.2 Å². The fourth-order valence-corrected chi connectivity index (χ4v) is 3.65. The first-order valence-electron chi connectivity index (χ1n) is 8.96. The van der Waals surface area contributed by atoms with Crippen molar-refractivity contribution in [1.82, 2.24) is 10.0 Å². The Morgan fingerprint density at radius 1 is 1.07 bits per heavy atom. The number of carbonyl (C=O) groups excluding carboxylic acids is 1. The van der Waals surface area contributed by atoms with Gasteiger partial charge in [0.15, 0.2) is 6.61 Å². The summed E-state index contributed by atoms with van der Waals surface area (Å²) >= 11 is 0. The smallest absolute Gasteiger partial charge is 0.257 e. The Balaban J connectivity index is 1.78.